The number of nitrogens with two attached hydrogens (primary N) is 1. The Morgan fingerprint density at radius 3 is 2.32 bits per heavy atom. The van der Waals surface area contributed by atoms with E-state index < -0.39 is 17.8 Å². The normalized spacial score (nSPS) is 9.74. The van der Waals surface area contributed by atoms with Gasteiger partial charge < -0.3 is 20.5 Å². The zero-order valence-electron chi connectivity index (χ0n) is 10.3. The van der Waals surface area contributed by atoms with Crippen LogP contribution in [-0.2, 0) is 9.59 Å². The van der Waals surface area contributed by atoms with E-state index in [1.807, 2.05) is 0 Å². The Labute approximate surface area is 109 Å². The molecule has 2 amide bonds. The monoisotopic (exact) mass is 266 g/mol. The maximum absolute atomic E-state index is 11.5. The summed E-state index contributed by atoms with van der Waals surface area (Å²) in [6.07, 6.45) is 0. The average molecular weight is 266 g/mol. The molecule has 1 aromatic rings. The van der Waals surface area contributed by atoms with Gasteiger partial charge in [0.25, 0.3) is 5.91 Å². The summed E-state index contributed by atoms with van der Waals surface area (Å²) in [5.74, 6) is -1.71. The topological polar surface area (TPSA) is 110 Å². The third kappa shape index (κ3) is 4.66. The van der Waals surface area contributed by atoms with Crippen LogP contribution < -0.4 is 10.5 Å². The first-order valence-corrected chi connectivity index (χ1v) is 5.38. The number of hydrogen-bond acceptors (Lipinski definition) is 4. The van der Waals surface area contributed by atoms with Gasteiger partial charge in [0.1, 0.15) is 12.3 Å². The molecule has 0 saturated heterocycles. The average Bonchev–Trinajstić information content (AvgIpc) is 2.35. The maximum Gasteiger partial charge on any atom is 0.323 e. The van der Waals surface area contributed by atoms with Gasteiger partial charge in [-0.05, 0) is 24.3 Å². The number of primary amides is 1. The molecule has 0 atom stereocenters. The highest BCUT2D eigenvalue weighted by molar-refractivity contribution is 5.92. The first-order chi connectivity index (χ1) is 8.90. The molecule has 3 N–H and O–H groups in total. The molecule has 102 valence electrons. The minimum absolute atomic E-state index is 0.278. The lowest BCUT2D eigenvalue weighted by Crippen LogP contribution is -2.35. The van der Waals surface area contributed by atoms with Crippen LogP contribution in [0.1, 0.15) is 10.4 Å². The number of aliphatic carboxylic acids is 1. The number of nitrogens with zero attached hydrogens (tertiary/aromatic N) is 1. The van der Waals surface area contributed by atoms with Crippen LogP contribution in [-0.4, -0.2) is 48.0 Å². The fourth-order valence-electron chi connectivity index (χ4n) is 1.26. The molecule has 1 rings (SSSR count). The molecule has 19 heavy (non-hydrogen) atoms. The molecule has 0 aromatic heterocycles. The quantitative estimate of drug-likeness (QED) is 0.735. The van der Waals surface area contributed by atoms with Gasteiger partial charge in [-0.3, -0.25) is 14.4 Å². The summed E-state index contributed by atoms with van der Waals surface area (Å²) in [5, 5.41) is 8.52. The van der Waals surface area contributed by atoms with Gasteiger partial charge in [-0.25, -0.2) is 0 Å². The van der Waals surface area contributed by atoms with Gasteiger partial charge in [0.05, 0.1) is 0 Å². The molecule has 0 bridgehead atoms. The zero-order valence-corrected chi connectivity index (χ0v) is 10.3. The van der Waals surface area contributed by atoms with Crippen LogP contribution in [0.5, 0.6) is 5.75 Å². The van der Waals surface area contributed by atoms with E-state index in [0.717, 1.165) is 4.90 Å². The standard InChI is InChI=1S/C12H14N2O5/c1-14(6-11(16)17)10(15)7-19-9-4-2-8(3-5-9)12(13)18/h2-5H,6-7H2,1H3,(H2,13,18)(H,16,17). The van der Waals surface area contributed by atoms with Crippen molar-refractivity contribution in [2.45, 2.75) is 0 Å². The summed E-state index contributed by atoms with van der Waals surface area (Å²) in [7, 11) is 1.37. The highest BCUT2D eigenvalue weighted by Gasteiger charge is 2.12. The maximum atomic E-state index is 11.5. The SMILES string of the molecule is CN(CC(=O)O)C(=O)COc1ccc(C(N)=O)cc1. The van der Waals surface area contributed by atoms with Gasteiger partial charge in [0, 0.05) is 12.6 Å². The Morgan fingerprint density at radius 1 is 1.26 bits per heavy atom. The van der Waals surface area contributed by atoms with Crippen molar-refractivity contribution in [1.82, 2.24) is 4.90 Å². The van der Waals surface area contributed by atoms with Crippen LogP contribution in [0.4, 0.5) is 0 Å². The fourth-order valence-corrected chi connectivity index (χ4v) is 1.26. The van der Waals surface area contributed by atoms with E-state index in [4.69, 9.17) is 15.6 Å². The molecule has 0 aliphatic rings. The van der Waals surface area contributed by atoms with Gasteiger partial charge in [-0.1, -0.05) is 0 Å². The number of carboxylic acids is 1. The molecule has 7 heteroatoms. The number of likely N-dealkylation sites (N-methyl/N-ethyl adjacent to an activating group) is 1. The zero-order chi connectivity index (χ0) is 14.4. The molecular formula is C12H14N2O5. The fraction of sp³-hybridized carbons (Fsp3) is 0.250. The largest absolute Gasteiger partial charge is 0.484 e. The van der Waals surface area contributed by atoms with Crippen LogP contribution in [0, 0.1) is 0 Å². The smallest absolute Gasteiger partial charge is 0.323 e. The molecule has 0 radical (unpaired) electrons. The minimum Gasteiger partial charge on any atom is -0.484 e. The number of ether oxygens (including phenoxy) is 1. The summed E-state index contributed by atoms with van der Waals surface area (Å²) in [4.78, 5) is 33.8. The number of benzene rings is 1. The van der Waals surface area contributed by atoms with Gasteiger partial charge in [0.2, 0.25) is 5.91 Å². The van der Waals surface area contributed by atoms with Gasteiger partial charge in [0.15, 0.2) is 6.61 Å². The van der Waals surface area contributed by atoms with E-state index in [0.29, 0.717) is 11.3 Å². The summed E-state index contributed by atoms with van der Waals surface area (Å²) in [5.41, 5.74) is 5.41. The van der Waals surface area contributed by atoms with E-state index in [1.54, 1.807) is 0 Å². The molecule has 0 fully saturated rings. The van der Waals surface area contributed by atoms with Crippen molar-refractivity contribution in [3.63, 3.8) is 0 Å². The molecule has 0 unspecified atom stereocenters. The van der Waals surface area contributed by atoms with Crippen LogP contribution in [0.3, 0.4) is 0 Å². The van der Waals surface area contributed by atoms with E-state index in [2.05, 4.69) is 0 Å². The predicted octanol–water partition coefficient (Wildman–Crippen LogP) is -0.293. The summed E-state index contributed by atoms with van der Waals surface area (Å²) in [6.45, 7) is -0.664. The molecule has 0 heterocycles. The first-order valence-electron chi connectivity index (χ1n) is 5.38. The second-order valence-electron chi connectivity index (χ2n) is 3.82. The van der Waals surface area contributed by atoms with Crippen molar-refractivity contribution in [2.24, 2.45) is 5.73 Å². The Balaban J connectivity index is 2.50. The summed E-state index contributed by atoms with van der Waals surface area (Å²) in [6, 6.07) is 5.96. The molecule has 7 nitrogen and oxygen atoms in total. The Hall–Kier alpha value is -2.57. The number of carbonyl (C=O) groups excluding carboxylic acids is 2. The van der Waals surface area contributed by atoms with Crippen molar-refractivity contribution in [3.05, 3.63) is 29.8 Å². The second-order valence-corrected chi connectivity index (χ2v) is 3.82. The molecule has 0 saturated carbocycles. The third-order valence-electron chi connectivity index (χ3n) is 2.30. The Bertz CT molecular complexity index is 483. The van der Waals surface area contributed by atoms with Crippen molar-refractivity contribution < 1.29 is 24.2 Å². The first kappa shape index (κ1) is 14.5. The van der Waals surface area contributed by atoms with Crippen LogP contribution in [0.25, 0.3) is 0 Å². The van der Waals surface area contributed by atoms with Crippen molar-refractivity contribution in [2.75, 3.05) is 20.2 Å². The summed E-state index contributed by atoms with van der Waals surface area (Å²) < 4.78 is 5.17. The highest BCUT2D eigenvalue weighted by atomic mass is 16.5. The van der Waals surface area contributed by atoms with Crippen LogP contribution >= 0.6 is 0 Å². The van der Waals surface area contributed by atoms with Crippen molar-refractivity contribution >= 4 is 17.8 Å². The van der Waals surface area contributed by atoms with E-state index in [9.17, 15) is 14.4 Å². The number of hydrogen-bond donors (Lipinski definition) is 2. The summed E-state index contributed by atoms with van der Waals surface area (Å²) >= 11 is 0. The highest BCUT2D eigenvalue weighted by Crippen LogP contribution is 2.11. The minimum atomic E-state index is -1.10. The number of carboxylic acid groups (broad SMARTS) is 1. The lowest BCUT2D eigenvalue weighted by molar-refractivity contribution is -0.144. The molecule has 0 aliphatic carbocycles. The lowest BCUT2D eigenvalue weighted by Gasteiger charge is -2.14. The molecule has 0 spiro atoms. The number of rotatable bonds is 6. The Kier molecular flexibility index (Phi) is 4.87. The number of carbonyl (C=O) groups is 3. The van der Waals surface area contributed by atoms with E-state index in [1.165, 1.54) is 31.3 Å². The Morgan fingerprint density at radius 2 is 1.84 bits per heavy atom. The predicted molar refractivity (Wildman–Crippen MR) is 65.7 cm³/mol. The van der Waals surface area contributed by atoms with E-state index >= 15 is 0 Å². The molecular weight excluding hydrogens is 252 g/mol. The van der Waals surface area contributed by atoms with Gasteiger partial charge in [-0.2, -0.15) is 0 Å². The number of amides is 2. The van der Waals surface area contributed by atoms with E-state index in [-0.39, 0.29) is 13.2 Å². The van der Waals surface area contributed by atoms with Crippen molar-refractivity contribution in [1.29, 1.82) is 0 Å². The van der Waals surface area contributed by atoms with Gasteiger partial charge in [-0.15, -0.1) is 0 Å². The van der Waals surface area contributed by atoms with Crippen molar-refractivity contribution in [3.8, 4) is 5.75 Å². The van der Waals surface area contributed by atoms with Crippen LogP contribution in [0.15, 0.2) is 24.3 Å². The van der Waals surface area contributed by atoms with Gasteiger partial charge >= 0.3 is 5.97 Å². The molecule has 0 aliphatic heterocycles. The van der Waals surface area contributed by atoms with Crippen LogP contribution in [0.2, 0.25) is 0 Å². The lowest BCUT2D eigenvalue weighted by atomic mass is 10.2. The second kappa shape index (κ2) is 6.39. The molecule has 1 aromatic carbocycles. The third-order valence-corrected chi connectivity index (χ3v) is 2.30.